The summed E-state index contributed by atoms with van der Waals surface area (Å²) >= 11 is 7.45. The highest BCUT2D eigenvalue weighted by Crippen LogP contribution is 2.37. The number of carbonyl (C=O) groups excluding carboxylic acids is 1. The van der Waals surface area contributed by atoms with Crippen molar-refractivity contribution in [2.75, 3.05) is 26.0 Å². The van der Waals surface area contributed by atoms with Crippen molar-refractivity contribution in [2.45, 2.75) is 30.3 Å². The Morgan fingerprint density at radius 1 is 1.05 bits per heavy atom. The quantitative estimate of drug-likeness (QED) is 0.225. The number of rotatable bonds is 8. The fraction of sp³-hybridized carbons (Fsp3) is 0.250. The van der Waals surface area contributed by atoms with Crippen molar-refractivity contribution in [2.24, 2.45) is 0 Å². The van der Waals surface area contributed by atoms with Gasteiger partial charge in [-0.1, -0.05) is 36.4 Å². The molecule has 0 saturated heterocycles. The maximum Gasteiger partial charge on any atom is 0.262 e. The van der Waals surface area contributed by atoms with E-state index in [4.69, 9.17) is 40.3 Å². The number of anilines is 1. The van der Waals surface area contributed by atoms with Crippen molar-refractivity contribution in [1.82, 2.24) is 9.55 Å². The van der Waals surface area contributed by atoms with E-state index in [9.17, 15) is 9.59 Å². The van der Waals surface area contributed by atoms with Gasteiger partial charge >= 0.3 is 0 Å². The van der Waals surface area contributed by atoms with Crippen LogP contribution in [0.2, 0.25) is 5.02 Å². The molecular weight excluding hydrogens is 558 g/mol. The van der Waals surface area contributed by atoms with E-state index in [0.29, 0.717) is 61.9 Å². The molecular formula is C28H24ClN3O7S. The summed E-state index contributed by atoms with van der Waals surface area (Å²) < 4.78 is 28.7. The van der Waals surface area contributed by atoms with Crippen molar-refractivity contribution in [3.05, 3.63) is 69.5 Å². The van der Waals surface area contributed by atoms with Crippen LogP contribution in [0.15, 0.2) is 58.5 Å². The largest absolute Gasteiger partial charge is 0.495 e. The lowest BCUT2D eigenvalue weighted by atomic mass is 10.2. The van der Waals surface area contributed by atoms with E-state index < -0.39 is 5.25 Å². The molecule has 206 valence electrons. The van der Waals surface area contributed by atoms with Crippen LogP contribution in [0.25, 0.3) is 10.9 Å². The monoisotopic (exact) mass is 581 g/mol. The summed E-state index contributed by atoms with van der Waals surface area (Å²) in [6.07, 6.45) is 0.486. The average Bonchev–Trinajstić information content (AvgIpc) is 3.61. The van der Waals surface area contributed by atoms with Gasteiger partial charge in [0.2, 0.25) is 19.5 Å². The molecule has 0 bridgehead atoms. The summed E-state index contributed by atoms with van der Waals surface area (Å²) in [5.74, 6) is 2.53. The van der Waals surface area contributed by atoms with Gasteiger partial charge in [-0.05, 0) is 48.4 Å². The molecule has 2 aliphatic heterocycles. The predicted octanol–water partition coefficient (Wildman–Crippen LogP) is 5.07. The molecule has 40 heavy (non-hydrogen) atoms. The summed E-state index contributed by atoms with van der Waals surface area (Å²) in [7, 11) is 1.52. The Kier molecular flexibility index (Phi) is 7.07. The summed E-state index contributed by atoms with van der Waals surface area (Å²) in [4.78, 5) is 32.0. The van der Waals surface area contributed by atoms with Gasteiger partial charge in [-0.3, -0.25) is 14.2 Å². The lowest BCUT2D eigenvalue weighted by Crippen LogP contribution is -2.28. The fourth-order valence-corrected chi connectivity index (χ4v) is 5.73. The van der Waals surface area contributed by atoms with E-state index in [1.54, 1.807) is 34.9 Å². The van der Waals surface area contributed by atoms with Crippen LogP contribution in [0.5, 0.6) is 28.7 Å². The van der Waals surface area contributed by atoms with Crippen LogP contribution in [0, 0.1) is 0 Å². The zero-order valence-electron chi connectivity index (χ0n) is 21.6. The Labute approximate surface area is 238 Å². The molecule has 3 aromatic carbocycles. The van der Waals surface area contributed by atoms with Crippen LogP contribution in [-0.4, -0.2) is 41.4 Å². The van der Waals surface area contributed by atoms with Crippen molar-refractivity contribution in [1.29, 1.82) is 0 Å². The lowest BCUT2D eigenvalue weighted by Gasteiger charge is -2.18. The minimum atomic E-state index is -0.553. The first kappa shape index (κ1) is 26.1. The van der Waals surface area contributed by atoms with Crippen LogP contribution in [0.4, 0.5) is 5.69 Å². The second kappa shape index (κ2) is 10.8. The molecule has 0 fully saturated rings. The molecule has 0 spiro atoms. The number of nitrogens with zero attached hydrogens (tertiary/aromatic N) is 2. The Bertz CT molecular complexity index is 1690. The zero-order chi connectivity index (χ0) is 27.8. The van der Waals surface area contributed by atoms with Crippen molar-refractivity contribution < 1.29 is 28.5 Å². The molecule has 1 atom stereocenters. The number of ether oxygens (including phenoxy) is 5. The summed E-state index contributed by atoms with van der Waals surface area (Å²) in [6, 6.07) is 13.9. The smallest absolute Gasteiger partial charge is 0.262 e. The van der Waals surface area contributed by atoms with Crippen LogP contribution in [-0.2, 0) is 11.3 Å². The molecule has 4 aromatic rings. The van der Waals surface area contributed by atoms with E-state index in [1.807, 2.05) is 25.1 Å². The van der Waals surface area contributed by atoms with Crippen LogP contribution < -0.4 is 34.6 Å². The van der Waals surface area contributed by atoms with E-state index in [-0.39, 0.29) is 31.6 Å². The Morgan fingerprint density at radius 3 is 2.50 bits per heavy atom. The number of fused-ring (bicyclic) bond motifs is 3. The van der Waals surface area contributed by atoms with Crippen LogP contribution >= 0.6 is 23.4 Å². The fourth-order valence-electron chi connectivity index (χ4n) is 4.46. The van der Waals surface area contributed by atoms with Gasteiger partial charge in [0, 0.05) is 11.8 Å². The third-order valence-electron chi connectivity index (χ3n) is 6.52. The molecule has 6 rings (SSSR count). The number of aromatic nitrogens is 2. The average molecular weight is 582 g/mol. The standard InChI is InChI=1S/C28H24ClN3O7S/c1-3-25(26(33)30-16-5-7-20(35-2)18(29)9-16)40-28-31-19-11-24-23(38-14-39-24)10-17(19)27(34)32(28)12-15-4-6-21-22(8-15)37-13-36-21/h4-11,25H,3,12-14H2,1-2H3,(H,30,33). The molecule has 1 amide bonds. The van der Waals surface area contributed by atoms with Gasteiger partial charge in [0.15, 0.2) is 28.2 Å². The molecule has 1 aromatic heterocycles. The Morgan fingerprint density at radius 2 is 1.77 bits per heavy atom. The van der Waals surface area contributed by atoms with Gasteiger partial charge in [0.1, 0.15) is 5.75 Å². The van der Waals surface area contributed by atoms with E-state index in [2.05, 4.69) is 5.32 Å². The van der Waals surface area contributed by atoms with Crippen LogP contribution in [0.1, 0.15) is 18.9 Å². The topological polar surface area (TPSA) is 110 Å². The van der Waals surface area contributed by atoms with Gasteiger partial charge in [0.25, 0.3) is 5.56 Å². The summed E-state index contributed by atoms with van der Waals surface area (Å²) in [5, 5.41) is 3.52. The SMILES string of the molecule is CCC(Sc1nc2cc3c(cc2c(=O)n1Cc1ccc2c(c1)OCO2)OCO3)C(=O)Nc1ccc(OC)c(Cl)c1. The molecule has 12 heteroatoms. The number of thioether (sulfide) groups is 1. The molecule has 1 unspecified atom stereocenters. The van der Waals surface area contributed by atoms with E-state index >= 15 is 0 Å². The number of hydrogen-bond donors (Lipinski definition) is 1. The van der Waals surface area contributed by atoms with Gasteiger partial charge < -0.3 is 29.0 Å². The minimum Gasteiger partial charge on any atom is -0.495 e. The molecule has 0 radical (unpaired) electrons. The minimum absolute atomic E-state index is 0.0755. The number of methoxy groups -OCH3 is 1. The van der Waals surface area contributed by atoms with Gasteiger partial charge in [0.05, 0.1) is 34.8 Å². The molecule has 10 nitrogen and oxygen atoms in total. The predicted molar refractivity (Wildman–Crippen MR) is 150 cm³/mol. The van der Waals surface area contributed by atoms with Crippen LogP contribution in [0.3, 0.4) is 0 Å². The molecule has 3 heterocycles. The van der Waals surface area contributed by atoms with Gasteiger partial charge in [-0.2, -0.15) is 0 Å². The second-order valence-corrected chi connectivity index (χ2v) is 10.6. The highest BCUT2D eigenvalue weighted by Gasteiger charge is 2.25. The molecule has 2 aliphatic rings. The maximum absolute atomic E-state index is 13.8. The highest BCUT2D eigenvalue weighted by molar-refractivity contribution is 8.00. The third-order valence-corrected chi connectivity index (χ3v) is 8.17. The number of carbonyl (C=O) groups is 1. The van der Waals surface area contributed by atoms with E-state index in [1.165, 1.54) is 18.9 Å². The summed E-state index contributed by atoms with van der Waals surface area (Å²) in [6.45, 7) is 2.34. The zero-order valence-corrected chi connectivity index (χ0v) is 23.1. The number of benzene rings is 3. The first-order chi connectivity index (χ1) is 19.4. The Hall–Kier alpha value is -4.09. The van der Waals surface area contributed by atoms with Gasteiger partial charge in [-0.15, -0.1) is 0 Å². The second-order valence-electron chi connectivity index (χ2n) is 9.05. The normalized spacial score (nSPS) is 13.9. The van der Waals surface area contributed by atoms with Crippen molar-refractivity contribution >= 4 is 45.9 Å². The number of amides is 1. The van der Waals surface area contributed by atoms with Crippen molar-refractivity contribution in [3.63, 3.8) is 0 Å². The lowest BCUT2D eigenvalue weighted by molar-refractivity contribution is -0.115. The van der Waals surface area contributed by atoms with Crippen molar-refractivity contribution in [3.8, 4) is 28.7 Å². The molecule has 0 aliphatic carbocycles. The number of hydrogen-bond acceptors (Lipinski definition) is 9. The molecule has 1 N–H and O–H groups in total. The maximum atomic E-state index is 13.8. The third kappa shape index (κ3) is 4.98. The first-order valence-electron chi connectivity index (χ1n) is 12.5. The highest BCUT2D eigenvalue weighted by atomic mass is 35.5. The number of halogens is 1. The molecule has 0 saturated carbocycles. The van der Waals surface area contributed by atoms with E-state index in [0.717, 1.165) is 5.56 Å². The summed E-state index contributed by atoms with van der Waals surface area (Å²) in [5.41, 5.74) is 1.55. The number of nitrogens with one attached hydrogen (secondary N) is 1. The Balaban J connectivity index is 1.36. The first-order valence-corrected chi connectivity index (χ1v) is 13.7. The van der Waals surface area contributed by atoms with Gasteiger partial charge in [-0.25, -0.2) is 4.98 Å².